The molecule has 1 saturated carbocycles. The lowest BCUT2D eigenvalue weighted by molar-refractivity contribution is -0.142. The Morgan fingerprint density at radius 2 is 1.88 bits per heavy atom. The fraction of sp³-hybridized carbons (Fsp3) is 0.556. The summed E-state index contributed by atoms with van der Waals surface area (Å²) in [7, 11) is 0. The van der Waals surface area contributed by atoms with Gasteiger partial charge in [0.15, 0.2) is 11.5 Å². The van der Waals surface area contributed by atoms with Crippen LogP contribution in [0, 0.1) is 11.8 Å². The molecule has 1 aromatic carbocycles. The highest BCUT2D eigenvalue weighted by molar-refractivity contribution is 5.97. The van der Waals surface area contributed by atoms with Crippen molar-refractivity contribution < 1.29 is 24.2 Å². The van der Waals surface area contributed by atoms with Gasteiger partial charge in [0.2, 0.25) is 0 Å². The van der Waals surface area contributed by atoms with Gasteiger partial charge in [0.05, 0.1) is 13.2 Å². The Hall–Kier alpha value is -2.24. The van der Waals surface area contributed by atoms with E-state index in [0.29, 0.717) is 42.7 Å². The number of ether oxygens (including phenoxy) is 2. The van der Waals surface area contributed by atoms with Gasteiger partial charge in [-0.05, 0) is 42.9 Å². The van der Waals surface area contributed by atoms with E-state index in [0.717, 1.165) is 25.7 Å². The summed E-state index contributed by atoms with van der Waals surface area (Å²) in [6.45, 7) is 1.68. The van der Waals surface area contributed by atoms with E-state index < -0.39 is 12.0 Å². The van der Waals surface area contributed by atoms with Gasteiger partial charge in [0.1, 0.15) is 6.04 Å². The van der Waals surface area contributed by atoms with Gasteiger partial charge in [-0.2, -0.15) is 0 Å². The lowest BCUT2D eigenvalue weighted by Gasteiger charge is -2.24. The van der Waals surface area contributed by atoms with E-state index in [2.05, 4.69) is 0 Å². The third-order valence-corrected chi connectivity index (χ3v) is 5.40. The minimum atomic E-state index is -0.896. The van der Waals surface area contributed by atoms with Crippen LogP contribution in [0.4, 0.5) is 0 Å². The highest BCUT2D eigenvalue weighted by Crippen LogP contribution is 2.43. The summed E-state index contributed by atoms with van der Waals surface area (Å²) in [4.78, 5) is 26.2. The van der Waals surface area contributed by atoms with Crippen molar-refractivity contribution in [2.24, 2.45) is 11.8 Å². The van der Waals surface area contributed by atoms with Crippen LogP contribution in [0.2, 0.25) is 0 Å². The molecule has 1 saturated heterocycles. The molecule has 6 heteroatoms. The van der Waals surface area contributed by atoms with E-state index in [1.54, 1.807) is 18.2 Å². The van der Waals surface area contributed by atoms with Crippen molar-refractivity contribution in [1.29, 1.82) is 0 Å². The van der Waals surface area contributed by atoms with Gasteiger partial charge in [-0.25, -0.2) is 4.79 Å². The molecule has 3 aliphatic rings. The van der Waals surface area contributed by atoms with Gasteiger partial charge in [-0.3, -0.25) is 4.79 Å². The maximum Gasteiger partial charge on any atom is 0.326 e. The van der Waals surface area contributed by atoms with Crippen LogP contribution in [0.25, 0.3) is 0 Å². The second kappa shape index (κ2) is 6.00. The van der Waals surface area contributed by atoms with E-state index in [4.69, 9.17) is 9.47 Å². The molecule has 128 valence electrons. The Balaban J connectivity index is 1.61. The Morgan fingerprint density at radius 3 is 2.67 bits per heavy atom. The van der Waals surface area contributed by atoms with Gasteiger partial charge in [-0.1, -0.05) is 6.42 Å². The summed E-state index contributed by atoms with van der Waals surface area (Å²) in [5.41, 5.74) is 0.463. The van der Waals surface area contributed by atoms with Gasteiger partial charge in [0, 0.05) is 18.5 Å². The molecule has 24 heavy (non-hydrogen) atoms. The number of aliphatic carboxylic acids is 1. The molecule has 4 rings (SSSR count). The lowest BCUT2D eigenvalue weighted by atomic mass is 9.94. The van der Waals surface area contributed by atoms with Gasteiger partial charge in [-0.15, -0.1) is 0 Å². The minimum absolute atomic E-state index is 0.0897. The molecular weight excluding hydrogens is 310 g/mol. The number of nitrogens with zero attached hydrogens (tertiary/aromatic N) is 1. The van der Waals surface area contributed by atoms with Crippen LogP contribution in [-0.2, 0) is 4.79 Å². The minimum Gasteiger partial charge on any atom is -0.490 e. The summed E-state index contributed by atoms with van der Waals surface area (Å²) in [5, 5.41) is 9.62. The summed E-state index contributed by atoms with van der Waals surface area (Å²) in [5.74, 6) is 0.476. The zero-order valence-corrected chi connectivity index (χ0v) is 13.4. The molecule has 0 bridgehead atoms. The van der Waals surface area contributed by atoms with Crippen LogP contribution in [0.5, 0.6) is 11.5 Å². The second-order valence-corrected chi connectivity index (χ2v) is 6.81. The van der Waals surface area contributed by atoms with Crippen LogP contribution < -0.4 is 9.47 Å². The van der Waals surface area contributed by atoms with Crippen LogP contribution in [-0.4, -0.2) is 47.7 Å². The number of rotatable bonds is 2. The monoisotopic (exact) mass is 331 g/mol. The van der Waals surface area contributed by atoms with Crippen molar-refractivity contribution in [2.45, 2.75) is 31.7 Å². The number of carboxylic acids is 1. The normalized spacial score (nSPS) is 28.3. The van der Waals surface area contributed by atoms with E-state index >= 15 is 0 Å². The molecule has 6 nitrogen and oxygen atoms in total. The fourth-order valence-electron chi connectivity index (χ4n) is 4.29. The maximum atomic E-state index is 12.9. The van der Waals surface area contributed by atoms with Crippen molar-refractivity contribution in [3.8, 4) is 11.5 Å². The van der Waals surface area contributed by atoms with Crippen molar-refractivity contribution >= 4 is 11.9 Å². The molecule has 2 aliphatic heterocycles. The maximum absolute atomic E-state index is 12.9. The zero-order valence-electron chi connectivity index (χ0n) is 13.4. The quantitative estimate of drug-likeness (QED) is 0.899. The van der Waals surface area contributed by atoms with Crippen LogP contribution >= 0.6 is 0 Å². The average molecular weight is 331 g/mol. The molecule has 0 spiro atoms. The molecule has 0 aromatic heterocycles. The molecule has 1 aliphatic carbocycles. The molecule has 3 atom stereocenters. The third kappa shape index (κ3) is 2.50. The number of carboxylic acid groups (broad SMARTS) is 1. The van der Waals surface area contributed by atoms with Crippen molar-refractivity contribution in [3.63, 3.8) is 0 Å². The predicted molar refractivity (Wildman–Crippen MR) is 85.3 cm³/mol. The van der Waals surface area contributed by atoms with Crippen molar-refractivity contribution in [2.75, 3.05) is 19.8 Å². The number of hydrogen-bond donors (Lipinski definition) is 1. The predicted octanol–water partition coefficient (Wildman–Crippen LogP) is 2.17. The number of benzene rings is 1. The first-order valence-corrected chi connectivity index (χ1v) is 8.58. The van der Waals surface area contributed by atoms with Gasteiger partial charge in [0.25, 0.3) is 5.91 Å². The number of hydrogen-bond acceptors (Lipinski definition) is 4. The number of carbonyl (C=O) groups excluding carboxylic acids is 1. The van der Waals surface area contributed by atoms with E-state index in [1.165, 1.54) is 4.90 Å². The average Bonchev–Trinajstić information content (AvgIpc) is 3.06. The molecule has 1 N–H and O–H groups in total. The Labute approximate surface area is 140 Å². The first-order valence-electron chi connectivity index (χ1n) is 8.58. The van der Waals surface area contributed by atoms with Crippen molar-refractivity contribution in [1.82, 2.24) is 4.90 Å². The highest BCUT2D eigenvalue weighted by atomic mass is 16.5. The van der Waals surface area contributed by atoms with E-state index in [9.17, 15) is 14.7 Å². The van der Waals surface area contributed by atoms with Gasteiger partial charge < -0.3 is 19.5 Å². The van der Waals surface area contributed by atoms with Crippen LogP contribution in [0.3, 0.4) is 0 Å². The molecule has 0 radical (unpaired) electrons. The van der Waals surface area contributed by atoms with Crippen molar-refractivity contribution in [3.05, 3.63) is 23.8 Å². The third-order valence-electron chi connectivity index (χ3n) is 5.40. The Bertz CT molecular complexity index is 673. The zero-order chi connectivity index (χ0) is 16.7. The molecule has 1 amide bonds. The number of likely N-dealkylation sites (tertiary alicyclic amines) is 1. The molecular formula is C18H21NO5. The second-order valence-electron chi connectivity index (χ2n) is 6.81. The first-order chi connectivity index (χ1) is 11.6. The Kier molecular flexibility index (Phi) is 3.82. The van der Waals surface area contributed by atoms with Crippen LogP contribution in [0.1, 0.15) is 36.0 Å². The summed E-state index contributed by atoms with van der Waals surface area (Å²) in [6.07, 6.45) is 3.77. The summed E-state index contributed by atoms with van der Waals surface area (Å²) in [6, 6.07) is 4.40. The number of carbonyl (C=O) groups is 2. The Morgan fingerprint density at radius 1 is 1.08 bits per heavy atom. The SMILES string of the molecule is O=C(O)C1C2CCCC2CN1C(=O)c1ccc2c(c1)OCCCO2. The molecule has 3 unspecified atom stereocenters. The summed E-state index contributed by atoms with van der Waals surface area (Å²) >= 11 is 0. The summed E-state index contributed by atoms with van der Waals surface area (Å²) < 4.78 is 11.2. The molecule has 1 aromatic rings. The van der Waals surface area contributed by atoms with Crippen LogP contribution in [0.15, 0.2) is 18.2 Å². The molecule has 2 heterocycles. The number of amides is 1. The lowest BCUT2D eigenvalue weighted by Crippen LogP contribution is -2.43. The topological polar surface area (TPSA) is 76.1 Å². The fourth-order valence-corrected chi connectivity index (χ4v) is 4.29. The largest absolute Gasteiger partial charge is 0.490 e. The van der Waals surface area contributed by atoms with E-state index in [1.807, 2.05) is 0 Å². The smallest absolute Gasteiger partial charge is 0.326 e. The molecule has 2 fully saturated rings. The number of fused-ring (bicyclic) bond motifs is 2. The standard InChI is InChI=1S/C18H21NO5/c20-17(11-5-6-14-15(9-11)24-8-2-7-23-14)19-10-12-3-1-4-13(12)16(19)18(21)22/h5-6,9,12-13,16H,1-4,7-8,10H2,(H,21,22). The first kappa shape index (κ1) is 15.3. The highest BCUT2D eigenvalue weighted by Gasteiger charge is 2.49. The van der Waals surface area contributed by atoms with E-state index in [-0.39, 0.29) is 11.8 Å². The van der Waals surface area contributed by atoms with Gasteiger partial charge >= 0.3 is 5.97 Å².